The molecule has 0 radical (unpaired) electrons. The van der Waals surface area contributed by atoms with Gasteiger partial charge in [-0.3, -0.25) is 4.68 Å². The second-order valence-corrected chi connectivity index (χ2v) is 10.3. The third-order valence-corrected chi connectivity index (χ3v) is 8.33. The van der Waals surface area contributed by atoms with Crippen molar-refractivity contribution in [3.63, 3.8) is 0 Å². The van der Waals surface area contributed by atoms with E-state index >= 15 is 0 Å². The number of halogens is 2. The van der Waals surface area contributed by atoms with Gasteiger partial charge in [0.05, 0.1) is 10.7 Å². The van der Waals surface area contributed by atoms with Crippen LogP contribution in [0.25, 0.3) is 11.1 Å². The van der Waals surface area contributed by atoms with Crippen LogP contribution in [-0.2, 0) is 7.05 Å². The van der Waals surface area contributed by atoms with Crippen LogP contribution in [0.1, 0.15) is 57.1 Å². The second kappa shape index (κ2) is 7.83. The topological polar surface area (TPSA) is 47.1 Å². The molecular formula is C24H32ClFN4. The van der Waals surface area contributed by atoms with Gasteiger partial charge in [-0.2, -0.15) is 5.10 Å². The van der Waals surface area contributed by atoms with Crippen LogP contribution < -0.4 is 5.73 Å². The number of nitrogen functional groups attached to an aromatic ring is 1. The lowest BCUT2D eigenvalue weighted by molar-refractivity contribution is 0.134. The molecule has 162 valence electrons. The van der Waals surface area contributed by atoms with Gasteiger partial charge in [0, 0.05) is 24.6 Å². The molecule has 0 bridgehead atoms. The second-order valence-electron chi connectivity index (χ2n) is 9.93. The first-order valence-electron chi connectivity index (χ1n) is 11.4. The zero-order chi connectivity index (χ0) is 21.0. The third kappa shape index (κ3) is 3.54. The fourth-order valence-electron chi connectivity index (χ4n) is 6.29. The van der Waals surface area contributed by atoms with E-state index in [9.17, 15) is 4.39 Å². The highest BCUT2D eigenvalue weighted by Crippen LogP contribution is 2.53. The van der Waals surface area contributed by atoms with Crippen molar-refractivity contribution < 1.29 is 4.39 Å². The summed E-state index contributed by atoms with van der Waals surface area (Å²) in [6.07, 6.45) is 7.73. The Balaban J connectivity index is 1.34. The molecule has 1 saturated heterocycles. The van der Waals surface area contributed by atoms with Crippen LogP contribution in [0.3, 0.4) is 0 Å². The SMILES string of the molecule is CC1CCN(C2CC3CC(c4nn(C)c(N)c4-c4ccc(F)c(Cl)c4)CC3C2)CC1. The molecule has 0 spiro atoms. The minimum absolute atomic E-state index is 0.128. The number of aromatic nitrogens is 2. The van der Waals surface area contributed by atoms with Gasteiger partial charge in [0.2, 0.25) is 0 Å². The Bertz CT molecular complexity index is 920. The number of piperidine rings is 1. The maximum absolute atomic E-state index is 13.7. The molecule has 6 heteroatoms. The van der Waals surface area contributed by atoms with Gasteiger partial charge in [-0.25, -0.2) is 4.39 Å². The zero-order valence-electron chi connectivity index (χ0n) is 18.0. The summed E-state index contributed by atoms with van der Waals surface area (Å²) in [6.45, 7) is 4.94. The molecule has 4 nitrogen and oxygen atoms in total. The van der Waals surface area contributed by atoms with E-state index in [2.05, 4.69) is 11.8 Å². The van der Waals surface area contributed by atoms with E-state index in [1.807, 2.05) is 7.05 Å². The summed E-state index contributed by atoms with van der Waals surface area (Å²) in [6, 6.07) is 5.64. The Hall–Kier alpha value is -1.59. The number of likely N-dealkylation sites (tertiary alicyclic amines) is 1. The summed E-state index contributed by atoms with van der Waals surface area (Å²) in [4.78, 5) is 2.76. The lowest BCUT2D eigenvalue weighted by Crippen LogP contribution is -2.40. The molecule has 30 heavy (non-hydrogen) atoms. The molecule has 2 saturated carbocycles. The van der Waals surface area contributed by atoms with E-state index in [-0.39, 0.29) is 5.02 Å². The number of benzene rings is 1. The highest BCUT2D eigenvalue weighted by Gasteiger charge is 2.45. The molecule has 3 fully saturated rings. The molecule has 0 amide bonds. The van der Waals surface area contributed by atoms with Gasteiger partial charge >= 0.3 is 0 Å². The van der Waals surface area contributed by atoms with Crippen LogP contribution in [0.5, 0.6) is 0 Å². The molecule has 2 atom stereocenters. The monoisotopic (exact) mass is 430 g/mol. The number of anilines is 1. The minimum atomic E-state index is -0.405. The molecule has 2 aromatic rings. The van der Waals surface area contributed by atoms with Crippen molar-refractivity contribution >= 4 is 17.4 Å². The predicted octanol–water partition coefficient (Wildman–Crippen LogP) is 5.47. The van der Waals surface area contributed by atoms with Crippen molar-refractivity contribution in [3.05, 3.63) is 34.7 Å². The predicted molar refractivity (Wildman–Crippen MR) is 120 cm³/mol. The fraction of sp³-hybridized carbons (Fsp3) is 0.625. The quantitative estimate of drug-likeness (QED) is 0.702. The van der Waals surface area contributed by atoms with Crippen LogP contribution in [0, 0.1) is 23.6 Å². The van der Waals surface area contributed by atoms with E-state index < -0.39 is 5.82 Å². The zero-order valence-corrected chi connectivity index (χ0v) is 18.7. The lowest BCUT2D eigenvalue weighted by atomic mass is 9.92. The van der Waals surface area contributed by atoms with Crippen LogP contribution in [0.2, 0.25) is 5.02 Å². The number of fused-ring (bicyclic) bond motifs is 1. The molecule has 2 aliphatic carbocycles. The van der Waals surface area contributed by atoms with Crippen LogP contribution >= 0.6 is 11.6 Å². The summed E-state index contributed by atoms with van der Waals surface area (Å²) in [5, 5.41) is 4.94. The van der Waals surface area contributed by atoms with Crippen LogP contribution in [0.4, 0.5) is 10.2 Å². The van der Waals surface area contributed by atoms with Crippen LogP contribution in [0.15, 0.2) is 18.2 Å². The number of nitrogens with zero attached hydrogens (tertiary/aromatic N) is 3. The van der Waals surface area contributed by atoms with Crippen molar-refractivity contribution in [2.45, 2.75) is 57.4 Å². The van der Waals surface area contributed by atoms with Crippen LogP contribution in [-0.4, -0.2) is 33.8 Å². The molecule has 2 unspecified atom stereocenters. The number of hydrogen-bond acceptors (Lipinski definition) is 3. The summed E-state index contributed by atoms with van der Waals surface area (Å²) in [5.41, 5.74) is 9.26. The average Bonchev–Trinajstić information content (AvgIpc) is 3.37. The number of rotatable bonds is 3. The Morgan fingerprint density at radius 3 is 2.40 bits per heavy atom. The highest BCUT2D eigenvalue weighted by atomic mass is 35.5. The van der Waals surface area contributed by atoms with Gasteiger partial charge in [0.15, 0.2) is 0 Å². The molecular weight excluding hydrogens is 399 g/mol. The number of nitrogens with two attached hydrogens (primary N) is 1. The first-order chi connectivity index (χ1) is 14.4. The van der Waals surface area contributed by atoms with Gasteiger partial charge in [0.1, 0.15) is 11.6 Å². The largest absolute Gasteiger partial charge is 0.383 e. The minimum Gasteiger partial charge on any atom is -0.383 e. The third-order valence-electron chi connectivity index (χ3n) is 8.04. The molecule has 2 N–H and O–H groups in total. The average molecular weight is 431 g/mol. The van der Waals surface area contributed by atoms with E-state index in [0.29, 0.717) is 11.7 Å². The van der Waals surface area contributed by atoms with E-state index in [1.54, 1.807) is 16.8 Å². The van der Waals surface area contributed by atoms with E-state index in [1.165, 1.54) is 57.7 Å². The van der Waals surface area contributed by atoms with E-state index in [0.717, 1.165) is 40.6 Å². The Kier molecular flexibility index (Phi) is 5.30. The molecule has 1 aliphatic heterocycles. The number of hydrogen-bond donors (Lipinski definition) is 1. The lowest BCUT2D eigenvalue weighted by Gasteiger charge is -2.35. The smallest absolute Gasteiger partial charge is 0.141 e. The highest BCUT2D eigenvalue weighted by molar-refractivity contribution is 6.31. The molecule has 1 aromatic carbocycles. The normalized spacial score (nSPS) is 30.1. The van der Waals surface area contributed by atoms with Gasteiger partial charge in [-0.05, 0) is 87.1 Å². The van der Waals surface area contributed by atoms with Crippen molar-refractivity contribution in [3.8, 4) is 11.1 Å². The number of aryl methyl sites for hydroxylation is 1. The summed E-state index contributed by atoms with van der Waals surface area (Å²) in [7, 11) is 1.89. The van der Waals surface area contributed by atoms with Crippen molar-refractivity contribution in [2.75, 3.05) is 18.8 Å². The Morgan fingerprint density at radius 2 is 1.77 bits per heavy atom. The van der Waals surface area contributed by atoms with Gasteiger partial charge in [-0.1, -0.05) is 24.6 Å². The van der Waals surface area contributed by atoms with Crippen molar-refractivity contribution in [2.24, 2.45) is 24.8 Å². The van der Waals surface area contributed by atoms with Gasteiger partial charge in [-0.15, -0.1) is 0 Å². The van der Waals surface area contributed by atoms with E-state index in [4.69, 9.17) is 22.4 Å². The maximum atomic E-state index is 13.7. The summed E-state index contributed by atoms with van der Waals surface area (Å²) >= 11 is 6.06. The Morgan fingerprint density at radius 1 is 1.10 bits per heavy atom. The fourth-order valence-corrected chi connectivity index (χ4v) is 6.47. The molecule has 5 rings (SSSR count). The first-order valence-corrected chi connectivity index (χ1v) is 11.8. The van der Waals surface area contributed by atoms with Gasteiger partial charge < -0.3 is 10.6 Å². The molecule has 3 aliphatic rings. The van der Waals surface area contributed by atoms with Crippen molar-refractivity contribution in [1.82, 2.24) is 14.7 Å². The first kappa shape index (κ1) is 20.3. The maximum Gasteiger partial charge on any atom is 0.141 e. The molecule has 1 aromatic heterocycles. The molecule has 2 heterocycles. The Labute approximate surface area is 183 Å². The van der Waals surface area contributed by atoms with Gasteiger partial charge in [0.25, 0.3) is 0 Å². The summed E-state index contributed by atoms with van der Waals surface area (Å²) in [5.74, 6) is 3.10. The standard InChI is InChI=1S/C24H32ClFN4/c1-14-5-7-30(8-6-14)19-11-16-9-18(10-17(16)12-19)23-22(24(27)29(2)28-23)15-3-4-21(26)20(25)13-15/h3-4,13-14,16-19H,5-12,27H2,1-2H3. The van der Waals surface area contributed by atoms with Crippen molar-refractivity contribution in [1.29, 1.82) is 0 Å². The summed E-state index contributed by atoms with van der Waals surface area (Å²) < 4.78 is 15.5.